The Hall–Kier alpha value is -2.36. The number of aromatic nitrogens is 2. The molecule has 1 aliphatic heterocycles. The summed E-state index contributed by atoms with van der Waals surface area (Å²) in [5.41, 5.74) is 6.08. The summed E-state index contributed by atoms with van der Waals surface area (Å²) in [6.45, 7) is 1.88. The van der Waals surface area contributed by atoms with Gasteiger partial charge in [0.05, 0.1) is 11.6 Å². The van der Waals surface area contributed by atoms with Crippen LogP contribution in [0.1, 0.15) is 17.7 Å². The molecule has 0 bridgehead atoms. The summed E-state index contributed by atoms with van der Waals surface area (Å²) in [5.74, 6) is -0.979. The number of rotatable bonds is 2. The summed E-state index contributed by atoms with van der Waals surface area (Å²) in [6, 6.07) is 1.98. The minimum atomic E-state index is -0.508. The predicted molar refractivity (Wildman–Crippen MR) is 57.7 cm³/mol. The lowest BCUT2D eigenvalue weighted by Crippen LogP contribution is -2.29. The summed E-state index contributed by atoms with van der Waals surface area (Å²) in [5, 5.41) is 15.5. The van der Waals surface area contributed by atoms with Crippen molar-refractivity contribution in [3.05, 3.63) is 11.3 Å². The quantitative estimate of drug-likeness (QED) is 0.711. The van der Waals surface area contributed by atoms with Crippen LogP contribution >= 0.6 is 0 Å². The first-order chi connectivity index (χ1) is 8.04. The van der Waals surface area contributed by atoms with Gasteiger partial charge in [-0.25, -0.2) is 0 Å². The van der Waals surface area contributed by atoms with Gasteiger partial charge in [-0.1, -0.05) is 0 Å². The molecule has 1 unspecified atom stereocenters. The minimum Gasteiger partial charge on any atom is -0.369 e. The SMILES string of the molecule is Cc1[nH]nc(N2CC(C(N)=O)CC2=O)c1C#N. The number of nitrogens with one attached hydrogen (secondary N) is 1. The number of nitrogens with zero attached hydrogens (tertiary/aromatic N) is 3. The molecule has 0 spiro atoms. The first-order valence-electron chi connectivity index (χ1n) is 5.09. The highest BCUT2D eigenvalue weighted by Gasteiger charge is 2.36. The van der Waals surface area contributed by atoms with Gasteiger partial charge in [-0.3, -0.25) is 19.6 Å². The normalized spacial score (nSPS) is 19.4. The smallest absolute Gasteiger partial charge is 0.229 e. The van der Waals surface area contributed by atoms with Crippen LogP contribution in [0.25, 0.3) is 0 Å². The monoisotopic (exact) mass is 233 g/mol. The lowest BCUT2D eigenvalue weighted by atomic mass is 10.1. The third kappa shape index (κ3) is 1.73. The zero-order valence-electron chi connectivity index (χ0n) is 9.23. The molecule has 2 rings (SSSR count). The van der Waals surface area contributed by atoms with E-state index in [1.165, 1.54) is 4.90 Å². The second kappa shape index (κ2) is 3.90. The molecule has 0 saturated carbocycles. The molecule has 88 valence electrons. The molecule has 7 nitrogen and oxygen atoms in total. The molecule has 1 saturated heterocycles. The standard InChI is InChI=1S/C10H11N5O2/c1-5-7(3-11)10(14-13-5)15-4-6(9(12)17)2-8(15)16/h6H,2,4H2,1H3,(H2,12,17)(H,13,14). The van der Waals surface area contributed by atoms with Crippen LogP contribution < -0.4 is 10.6 Å². The van der Waals surface area contributed by atoms with E-state index in [1.807, 2.05) is 6.07 Å². The zero-order valence-corrected chi connectivity index (χ0v) is 9.23. The number of hydrogen-bond acceptors (Lipinski definition) is 4. The average molecular weight is 233 g/mol. The van der Waals surface area contributed by atoms with E-state index in [9.17, 15) is 9.59 Å². The topological polar surface area (TPSA) is 116 Å². The van der Waals surface area contributed by atoms with Crippen molar-refractivity contribution in [1.82, 2.24) is 10.2 Å². The maximum atomic E-state index is 11.7. The van der Waals surface area contributed by atoms with Gasteiger partial charge in [0.15, 0.2) is 5.82 Å². The fourth-order valence-corrected chi connectivity index (χ4v) is 1.85. The fraction of sp³-hybridized carbons (Fsp3) is 0.400. The van der Waals surface area contributed by atoms with Crippen LogP contribution in [-0.2, 0) is 9.59 Å². The lowest BCUT2D eigenvalue weighted by molar-refractivity contribution is -0.123. The van der Waals surface area contributed by atoms with Crippen LogP contribution in [-0.4, -0.2) is 28.6 Å². The summed E-state index contributed by atoms with van der Waals surface area (Å²) >= 11 is 0. The van der Waals surface area contributed by atoms with Crippen molar-refractivity contribution in [1.29, 1.82) is 5.26 Å². The van der Waals surface area contributed by atoms with Crippen molar-refractivity contribution in [3.8, 4) is 6.07 Å². The van der Waals surface area contributed by atoms with Gasteiger partial charge in [0.1, 0.15) is 11.6 Å². The number of anilines is 1. The van der Waals surface area contributed by atoms with Gasteiger partial charge in [0, 0.05) is 13.0 Å². The van der Waals surface area contributed by atoms with Gasteiger partial charge >= 0.3 is 0 Å². The van der Waals surface area contributed by atoms with Crippen molar-refractivity contribution in [2.75, 3.05) is 11.4 Å². The highest BCUT2D eigenvalue weighted by molar-refractivity contribution is 6.00. The molecule has 1 aromatic heterocycles. The van der Waals surface area contributed by atoms with Crippen LogP contribution in [0.5, 0.6) is 0 Å². The molecule has 0 aliphatic carbocycles. The van der Waals surface area contributed by atoms with E-state index >= 15 is 0 Å². The molecule has 1 fully saturated rings. The summed E-state index contributed by atoms with van der Waals surface area (Å²) in [7, 11) is 0. The van der Waals surface area contributed by atoms with E-state index < -0.39 is 11.8 Å². The highest BCUT2D eigenvalue weighted by Crippen LogP contribution is 2.27. The molecule has 3 N–H and O–H groups in total. The predicted octanol–water partition coefficient (Wildman–Crippen LogP) is -0.572. The van der Waals surface area contributed by atoms with E-state index in [4.69, 9.17) is 11.0 Å². The number of primary amides is 1. The molecule has 0 aromatic carbocycles. The van der Waals surface area contributed by atoms with E-state index in [1.54, 1.807) is 6.92 Å². The van der Waals surface area contributed by atoms with Crippen molar-refractivity contribution in [3.63, 3.8) is 0 Å². The van der Waals surface area contributed by atoms with E-state index in [-0.39, 0.29) is 24.7 Å². The van der Waals surface area contributed by atoms with Gasteiger partial charge in [0.25, 0.3) is 0 Å². The zero-order chi connectivity index (χ0) is 12.6. The molecule has 2 heterocycles. The molecule has 7 heteroatoms. The maximum absolute atomic E-state index is 11.7. The number of amides is 2. The third-order valence-electron chi connectivity index (χ3n) is 2.82. The number of nitriles is 1. The molecule has 1 aliphatic rings. The molecule has 17 heavy (non-hydrogen) atoms. The number of carbonyl (C=O) groups is 2. The Labute approximate surface area is 97.2 Å². The van der Waals surface area contributed by atoms with Gasteiger partial charge < -0.3 is 5.73 Å². The number of aromatic amines is 1. The molecule has 1 atom stereocenters. The maximum Gasteiger partial charge on any atom is 0.229 e. The molecule has 2 amide bonds. The number of nitrogens with two attached hydrogens (primary N) is 1. The number of aryl methyl sites for hydroxylation is 1. The summed E-state index contributed by atoms with van der Waals surface area (Å²) in [4.78, 5) is 24.1. The Morgan fingerprint density at radius 3 is 2.94 bits per heavy atom. The Kier molecular flexibility index (Phi) is 2.55. The second-order valence-corrected chi connectivity index (χ2v) is 3.97. The Morgan fingerprint density at radius 2 is 2.41 bits per heavy atom. The first-order valence-corrected chi connectivity index (χ1v) is 5.09. The van der Waals surface area contributed by atoms with E-state index in [2.05, 4.69) is 10.2 Å². The first kappa shape index (κ1) is 11.1. The Bertz CT molecular complexity index is 527. The van der Waals surface area contributed by atoms with E-state index in [0.717, 1.165) is 0 Å². The van der Waals surface area contributed by atoms with Gasteiger partial charge in [-0.2, -0.15) is 10.4 Å². The van der Waals surface area contributed by atoms with Crippen molar-refractivity contribution >= 4 is 17.6 Å². The summed E-state index contributed by atoms with van der Waals surface area (Å²) in [6.07, 6.45) is 0.0755. The van der Waals surface area contributed by atoms with Gasteiger partial charge in [0.2, 0.25) is 11.8 Å². The van der Waals surface area contributed by atoms with Crippen molar-refractivity contribution < 1.29 is 9.59 Å². The fourth-order valence-electron chi connectivity index (χ4n) is 1.85. The number of hydrogen-bond donors (Lipinski definition) is 2. The number of H-pyrrole nitrogens is 1. The third-order valence-corrected chi connectivity index (χ3v) is 2.82. The summed E-state index contributed by atoms with van der Waals surface area (Å²) < 4.78 is 0. The molecule has 1 aromatic rings. The Morgan fingerprint density at radius 1 is 1.71 bits per heavy atom. The van der Waals surface area contributed by atoms with Crippen molar-refractivity contribution in [2.24, 2.45) is 11.7 Å². The molecular formula is C10H11N5O2. The highest BCUT2D eigenvalue weighted by atomic mass is 16.2. The van der Waals surface area contributed by atoms with Crippen LogP contribution in [0, 0.1) is 24.2 Å². The van der Waals surface area contributed by atoms with Crippen molar-refractivity contribution in [2.45, 2.75) is 13.3 Å². The lowest BCUT2D eigenvalue weighted by Gasteiger charge is -2.12. The van der Waals surface area contributed by atoms with Crippen LogP contribution in [0.15, 0.2) is 0 Å². The Balaban J connectivity index is 2.33. The van der Waals surface area contributed by atoms with Crippen LogP contribution in [0.4, 0.5) is 5.82 Å². The minimum absolute atomic E-state index is 0.0755. The van der Waals surface area contributed by atoms with Gasteiger partial charge in [-0.05, 0) is 6.92 Å². The number of carbonyl (C=O) groups excluding carboxylic acids is 2. The van der Waals surface area contributed by atoms with E-state index in [0.29, 0.717) is 11.3 Å². The average Bonchev–Trinajstić information content (AvgIpc) is 2.81. The second-order valence-electron chi connectivity index (χ2n) is 3.97. The molecular weight excluding hydrogens is 222 g/mol. The van der Waals surface area contributed by atoms with Gasteiger partial charge in [-0.15, -0.1) is 0 Å². The van der Waals surface area contributed by atoms with Crippen LogP contribution in [0.3, 0.4) is 0 Å². The largest absolute Gasteiger partial charge is 0.369 e. The molecule has 0 radical (unpaired) electrons. The van der Waals surface area contributed by atoms with Crippen LogP contribution in [0.2, 0.25) is 0 Å².